The Kier molecular flexibility index (Phi) is 4.43. The number of para-hydroxylation sites is 1. The molecule has 0 aromatic heterocycles. The highest BCUT2D eigenvalue weighted by atomic mass is 16.2. The molecule has 1 fully saturated rings. The number of aryl methyl sites for hydroxylation is 1. The maximum Gasteiger partial charge on any atom is 0.238 e. The average molecular weight is 261 g/mol. The van der Waals surface area contributed by atoms with E-state index in [-0.39, 0.29) is 5.91 Å². The normalized spacial score (nSPS) is 19.6. The number of hydrogen-bond acceptors (Lipinski definition) is 3. The third kappa shape index (κ3) is 3.26. The maximum absolute atomic E-state index is 12.1. The van der Waals surface area contributed by atoms with Gasteiger partial charge in [-0.1, -0.05) is 19.1 Å². The summed E-state index contributed by atoms with van der Waals surface area (Å²) >= 11 is 0. The molecule has 0 spiro atoms. The molecule has 1 aromatic carbocycles. The molecule has 1 aliphatic rings. The van der Waals surface area contributed by atoms with Crippen molar-refractivity contribution in [3.63, 3.8) is 0 Å². The Morgan fingerprint density at radius 3 is 3.00 bits per heavy atom. The first kappa shape index (κ1) is 13.9. The fourth-order valence-corrected chi connectivity index (χ4v) is 2.79. The van der Waals surface area contributed by atoms with Gasteiger partial charge in [0.25, 0.3) is 0 Å². The molecule has 0 saturated carbocycles. The molecule has 1 heterocycles. The van der Waals surface area contributed by atoms with Crippen molar-refractivity contribution in [1.29, 1.82) is 0 Å². The fourth-order valence-electron chi connectivity index (χ4n) is 2.79. The zero-order valence-corrected chi connectivity index (χ0v) is 11.8. The molecular formula is C15H23N3O. The molecule has 1 amide bonds. The molecule has 0 aliphatic carbocycles. The quantitative estimate of drug-likeness (QED) is 0.818. The van der Waals surface area contributed by atoms with Crippen LogP contribution in [0.2, 0.25) is 0 Å². The van der Waals surface area contributed by atoms with Gasteiger partial charge in [0.05, 0.1) is 17.9 Å². The minimum Gasteiger partial charge on any atom is -0.397 e. The molecule has 1 unspecified atom stereocenters. The highest BCUT2D eigenvalue weighted by Crippen LogP contribution is 2.23. The summed E-state index contributed by atoms with van der Waals surface area (Å²) in [5.74, 6) is 0.0290. The van der Waals surface area contributed by atoms with Crippen LogP contribution >= 0.6 is 0 Å². The van der Waals surface area contributed by atoms with E-state index in [0.29, 0.717) is 18.3 Å². The first-order valence-electron chi connectivity index (χ1n) is 7.00. The van der Waals surface area contributed by atoms with Gasteiger partial charge in [0, 0.05) is 6.04 Å². The number of nitrogens with zero attached hydrogens (tertiary/aromatic N) is 1. The molecule has 1 aliphatic heterocycles. The van der Waals surface area contributed by atoms with E-state index in [1.807, 2.05) is 25.1 Å². The van der Waals surface area contributed by atoms with Crippen molar-refractivity contribution in [3.8, 4) is 0 Å². The largest absolute Gasteiger partial charge is 0.397 e. The Balaban J connectivity index is 1.98. The van der Waals surface area contributed by atoms with Crippen LogP contribution < -0.4 is 11.1 Å². The van der Waals surface area contributed by atoms with Crippen molar-refractivity contribution in [2.75, 3.05) is 24.1 Å². The minimum absolute atomic E-state index is 0.0290. The number of carbonyl (C=O) groups excluding carboxylic acids is 1. The van der Waals surface area contributed by atoms with E-state index in [0.717, 1.165) is 24.2 Å². The smallest absolute Gasteiger partial charge is 0.238 e. The number of anilines is 2. The molecule has 1 aromatic rings. The number of nitrogen functional groups attached to an aromatic ring is 1. The van der Waals surface area contributed by atoms with Crippen molar-refractivity contribution < 1.29 is 4.79 Å². The van der Waals surface area contributed by atoms with E-state index in [2.05, 4.69) is 17.1 Å². The summed E-state index contributed by atoms with van der Waals surface area (Å²) in [5.41, 5.74) is 8.28. The van der Waals surface area contributed by atoms with E-state index in [1.54, 1.807) is 0 Å². The van der Waals surface area contributed by atoms with E-state index < -0.39 is 0 Å². The Bertz CT molecular complexity index is 438. The molecular weight excluding hydrogens is 238 g/mol. The molecule has 0 radical (unpaired) electrons. The SMILES string of the molecule is CCC1CCCN1CC(=O)Nc1c(C)cccc1N. The predicted molar refractivity (Wildman–Crippen MR) is 79.1 cm³/mol. The fraction of sp³-hybridized carbons (Fsp3) is 0.533. The number of nitrogens with one attached hydrogen (secondary N) is 1. The summed E-state index contributed by atoms with van der Waals surface area (Å²) in [4.78, 5) is 14.4. The van der Waals surface area contributed by atoms with E-state index in [9.17, 15) is 4.79 Å². The monoisotopic (exact) mass is 261 g/mol. The number of benzene rings is 1. The van der Waals surface area contributed by atoms with Gasteiger partial charge in [-0.25, -0.2) is 0 Å². The first-order valence-corrected chi connectivity index (χ1v) is 7.00. The Morgan fingerprint density at radius 2 is 2.32 bits per heavy atom. The van der Waals surface area contributed by atoms with Gasteiger partial charge in [-0.3, -0.25) is 9.69 Å². The van der Waals surface area contributed by atoms with Crippen LogP contribution in [0.25, 0.3) is 0 Å². The van der Waals surface area contributed by atoms with Gasteiger partial charge in [0.2, 0.25) is 5.91 Å². The summed E-state index contributed by atoms with van der Waals surface area (Å²) in [5, 5.41) is 2.94. The topological polar surface area (TPSA) is 58.4 Å². The van der Waals surface area contributed by atoms with Crippen LogP contribution in [0.15, 0.2) is 18.2 Å². The number of nitrogens with two attached hydrogens (primary N) is 1. The van der Waals surface area contributed by atoms with Crippen molar-refractivity contribution in [2.45, 2.75) is 39.2 Å². The van der Waals surface area contributed by atoms with Crippen LogP contribution in [-0.2, 0) is 4.79 Å². The van der Waals surface area contributed by atoms with Crippen molar-refractivity contribution in [1.82, 2.24) is 4.90 Å². The number of carbonyl (C=O) groups is 1. The molecule has 4 nitrogen and oxygen atoms in total. The number of rotatable bonds is 4. The van der Waals surface area contributed by atoms with Crippen LogP contribution in [0.3, 0.4) is 0 Å². The zero-order valence-electron chi connectivity index (χ0n) is 11.8. The standard InChI is InChI=1S/C15H23N3O/c1-3-12-7-5-9-18(12)10-14(19)17-15-11(2)6-4-8-13(15)16/h4,6,8,12H,3,5,7,9-10,16H2,1-2H3,(H,17,19). The van der Waals surface area contributed by atoms with Gasteiger partial charge in [-0.2, -0.15) is 0 Å². The summed E-state index contributed by atoms with van der Waals surface area (Å²) < 4.78 is 0. The zero-order chi connectivity index (χ0) is 13.8. The van der Waals surface area contributed by atoms with Crippen LogP contribution in [-0.4, -0.2) is 29.9 Å². The molecule has 0 bridgehead atoms. The molecule has 3 N–H and O–H groups in total. The van der Waals surface area contributed by atoms with Gasteiger partial charge in [-0.15, -0.1) is 0 Å². The lowest BCUT2D eigenvalue weighted by Gasteiger charge is -2.23. The van der Waals surface area contributed by atoms with Crippen LogP contribution in [0, 0.1) is 6.92 Å². The van der Waals surface area contributed by atoms with Gasteiger partial charge >= 0.3 is 0 Å². The highest BCUT2D eigenvalue weighted by molar-refractivity contribution is 5.96. The molecule has 2 rings (SSSR count). The van der Waals surface area contributed by atoms with Crippen LogP contribution in [0.1, 0.15) is 31.7 Å². The van der Waals surface area contributed by atoms with E-state index in [4.69, 9.17) is 5.73 Å². The molecule has 104 valence electrons. The maximum atomic E-state index is 12.1. The minimum atomic E-state index is 0.0290. The second-order valence-corrected chi connectivity index (χ2v) is 5.26. The Labute approximate surface area is 115 Å². The average Bonchev–Trinajstić information content (AvgIpc) is 2.81. The van der Waals surface area contributed by atoms with Gasteiger partial charge in [0.15, 0.2) is 0 Å². The summed E-state index contributed by atoms with van der Waals surface area (Å²) in [6.45, 7) is 5.62. The molecule has 4 heteroatoms. The second-order valence-electron chi connectivity index (χ2n) is 5.26. The van der Waals surface area contributed by atoms with E-state index >= 15 is 0 Å². The lowest BCUT2D eigenvalue weighted by molar-refractivity contribution is -0.117. The molecule has 19 heavy (non-hydrogen) atoms. The van der Waals surface area contributed by atoms with Gasteiger partial charge < -0.3 is 11.1 Å². The van der Waals surface area contributed by atoms with Crippen LogP contribution in [0.4, 0.5) is 11.4 Å². The Hall–Kier alpha value is -1.55. The predicted octanol–water partition coefficient (Wildman–Crippen LogP) is 2.39. The number of hydrogen-bond donors (Lipinski definition) is 2. The molecule has 1 saturated heterocycles. The van der Waals surface area contributed by atoms with Crippen LogP contribution in [0.5, 0.6) is 0 Å². The lowest BCUT2D eigenvalue weighted by atomic mass is 10.1. The first-order chi connectivity index (χ1) is 9.11. The summed E-state index contributed by atoms with van der Waals surface area (Å²) in [6, 6.07) is 6.22. The second kappa shape index (κ2) is 6.06. The third-order valence-corrected chi connectivity index (χ3v) is 3.89. The number of likely N-dealkylation sites (tertiary alicyclic amines) is 1. The summed E-state index contributed by atoms with van der Waals surface area (Å²) in [6.07, 6.45) is 3.51. The molecule has 1 atom stereocenters. The van der Waals surface area contributed by atoms with Gasteiger partial charge in [-0.05, 0) is 44.4 Å². The van der Waals surface area contributed by atoms with Crippen molar-refractivity contribution >= 4 is 17.3 Å². The van der Waals surface area contributed by atoms with E-state index in [1.165, 1.54) is 12.8 Å². The summed E-state index contributed by atoms with van der Waals surface area (Å²) in [7, 11) is 0. The third-order valence-electron chi connectivity index (χ3n) is 3.89. The van der Waals surface area contributed by atoms with Crippen molar-refractivity contribution in [3.05, 3.63) is 23.8 Å². The van der Waals surface area contributed by atoms with Gasteiger partial charge in [0.1, 0.15) is 0 Å². The highest BCUT2D eigenvalue weighted by Gasteiger charge is 2.24. The number of amides is 1. The lowest BCUT2D eigenvalue weighted by Crippen LogP contribution is -2.36. The van der Waals surface area contributed by atoms with Crippen molar-refractivity contribution in [2.24, 2.45) is 0 Å². The Morgan fingerprint density at radius 1 is 1.53 bits per heavy atom.